The number of carboxylic acid groups (broad SMARTS) is 1. The van der Waals surface area contributed by atoms with Gasteiger partial charge in [0.05, 0.1) is 40.8 Å². The van der Waals surface area contributed by atoms with Gasteiger partial charge < -0.3 is 123 Å². The summed E-state index contributed by atoms with van der Waals surface area (Å²) in [6, 6.07) is -0.867. The fourth-order valence-corrected chi connectivity index (χ4v) is 14.5. The Labute approximate surface area is 642 Å². The second-order valence-corrected chi connectivity index (χ2v) is 29.4. The first kappa shape index (κ1) is 82.0. The highest BCUT2D eigenvalue weighted by Crippen LogP contribution is 2.50. The van der Waals surface area contributed by atoms with Crippen molar-refractivity contribution in [1.82, 2.24) is 47.2 Å². The molecule has 7 amide bonds. The van der Waals surface area contributed by atoms with Crippen molar-refractivity contribution in [2.75, 3.05) is 12.8 Å². The number of fused-ring (bicyclic) bond motifs is 15. The van der Waals surface area contributed by atoms with Crippen molar-refractivity contribution in [3.63, 3.8) is 0 Å². The lowest BCUT2D eigenvalue weighted by atomic mass is 9.86. The van der Waals surface area contributed by atoms with E-state index in [0.717, 1.165) is 79.0 Å². The molecule has 11 bridgehead atoms. The van der Waals surface area contributed by atoms with Crippen molar-refractivity contribution in [3.8, 4) is 57.1 Å². The third kappa shape index (κ3) is 18.0. The minimum absolute atomic E-state index is 0.130. The zero-order chi connectivity index (χ0) is 80.7. The van der Waals surface area contributed by atoms with E-state index in [1.165, 1.54) is 27.0 Å². The largest absolute Gasteiger partial charge is 0.508 e. The first-order valence-corrected chi connectivity index (χ1v) is 35.9. The van der Waals surface area contributed by atoms with Gasteiger partial charge in [0, 0.05) is 46.7 Å². The summed E-state index contributed by atoms with van der Waals surface area (Å²) < 4.78 is 81.0. The third-order valence-corrected chi connectivity index (χ3v) is 20.4. The van der Waals surface area contributed by atoms with Crippen LogP contribution in [-0.4, -0.2) is 195 Å². The maximum atomic E-state index is 16.2. The Kier molecular flexibility index (Phi) is 24.5. The normalized spacial score (nSPS) is 28.0. The molecule has 1 aromatic heterocycles. The smallest absolute Gasteiger partial charge is 0.433 e. The molecule has 40 heteroatoms. The molecule has 7 aliphatic rings. The number of likely N-dealkylation sites (N-methyl/N-ethyl adjacent to an activating group) is 1. The van der Waals surface area contributed by atoms with Gasteiger partial charge in [-0.2, -0.15) is 13.2 Å². The molecule has 0 aliphatic carbocycles. The topological polar surface area (TPSA) is 536 Å². The number of aromatic hydroxyl groups is 3. The lowest BCUT2D eigenvalue weighted by Crippen LogP contribution is -2.64. The van der Waals surface area contributed by atoms with E-state index in [1.807, 2.05) is 0 Å². The Morgan fingerprint density at radius 1 is 0.748 bits per heavy atom. The molecule has 13 rings (SSSR count). The van der Waals surface area contributed by atoms with E-state index >= 15 is 14.4 Å². The average Bonchev–Trinajstić information content (AvgIpc) is 0.767. The number of halogens is 5. The van der Waals surface area contributed by atoms with Gasteiger partial charge in [-0.15, -0.1) is 0 Å². The van der Waals surface area contributed by atoms with E-state index in [2.05, 4.69) is 47.2 Å². The second-order valence-electron chi connectivity index (χ2n) is 27.6. The van der Waals surface area contributed by atoms with Gasteiger partial charge in [-0.05, 0) is 116 Å². The lowest BCUT2D eigenvalue weighted by Gasteiger charge is -2.47. The Morgan fingerprint density at radius 2 is 1.37 bits per heavy atom. The monoisotopic (exact) mass is 1610 g/mol. The van der Waals surface area contributed by atoms with Crippen LogP contribution in [0.3, 0.4) is 0 Å². The Bertz CT molecular complexity index is 4630. The number of nitrogens with one attached hydrogen (secondary N) is 7. The number of ether oxygens (including phenoxy) is 6. The van der Waals surface area contributed by atoms with Crippen LogP contribution in [0.2, 0.25) is 10.0 Å². The van der Waals surface area contributed by atoms with Gasteiger partial charge in [-0.25, -0.2) is 14.8 Å². The molecule has 2 saturated heterocycles. The minimum atomic E-state index is -4.94. The Balaban J connectivity index is 1.16. The summed E-state index contributed by atoms with van der Waals surface area (Å²) in [5.41, 5.74) is 6.37. The van der Waals surface area contributed by atoms with Gasteiger partial charge in [0.15, 0.2) is 35.1 Å². The highest BCUT2D eigenvalue weighted by molar-refractivity contribution is 7.99. The summed E-state index contributed by atoms with van der Waals surface area (Å²) in [5, 5.41) is 121. The predicted octanol–water partition coefficient (Wildman–Crippen LogP) is 2.72. The Hall–Kier alpha value is -9.94. The van der Waals surface area contributed by atoms with E-state index in [4.69, 9.17) is 63.1 Å². The van der Waals surface area contributed by atoms with Crippen molar-refractivity contribution in [3.05, 3.63) is 135 Å². The van der Waals surface area contributed by atoms with Crippen LogP contribution < -0.4 is 62.9 Å². The summed E-state index contributed by atoms with van der Waals surface area (Å²) in [4.78, 5) is 125. The number of carbonyl (C=O) groups excluding carboxylic acids is 7. The predicted molar refractivity (Wildman–Crippen MR) is 380 cm³/mol. The molecular formula is C71H76Cl2F3N11O23S. The maximum absolute atomic E-state index is 16.2. The van der Waals surface area contributed by atoms with Crippen LogP contribution in [0.25, 0.3) is 11.1 Å². The number of hydrogen-bond acceptors (Lipinski definition) is 27. The molecule has 0 radical (unpaired) electrons. The number of aliphatic carboxylic acids is 1. The average molecular weight is 1610 g/mol. The summed E-state index contributed by atoms with van der Waals surface area (Å²) in [6.07, 6.45) is -23.7. The third-order valence-electron chi connectivity index (χ3n) is 18.9. The summed E-state index contributed by atoms with van der Waals surface area (Å²) in [6.45, 7) is 6.51. The van der Waals surface area contributed by atoms with E-state index in [-0.39, 0.29) is 29.9 Å². The lowest BCUT2D eigenvalue weighted by molar-refractivity contribution is -0.329. The number of rotatable bonds is 15. The number of phenols is 3. The zero-order valence-corrected chi connectivity index (χ0v) is 61.3. The number of alkyl halides is 3. The van der Waals surface area contributed by atoms with Gasteiger partial charge in [-0.1, -0.05) is 67.0 Å². The number of aliphatic hydroxyl groups excluding tert-OH is 5. The van der Waals surface area contributed by atoms with Gasteiger partial charge in [-0.3, -0.25) is 33.6 Å². The number of benzene rings is 5. The fourth-order valence-electron chi connectivity index (χ4n) is 13.2. The van der Waals surface area contributed by atoms with Crippen LogP contribution >= 0.6 is 35.0 Å². The maximum Gasteiger partial charge on any atom is 0.433 e. The van der Waals surface area contributed by atoms with Crippen LogP contribution in [0.4, 0.5) is 13.2 Å². The summed E-state index contributed by atoms with van der Waals surface area (Å²) in [5.74, 6) is -17.3. The van der Waals surface area contributed by atoms with Crippen molar-refractivity contribution in [2.24, 2.45) is 17.4 Å². The Morgan fingerprint density at radius 3 is 1.97 bits per heavy atom. The number of primary amides is 1. The molecule has 8 heterocycles. The van der Waals surface area contributed by atoms with Crippen LogP contribution in [0, 0.1) is 5.92 Å². The van der Waals surface area contributed by atoms with Crippen LogP contribution in [0.15, 0.2) is 96.3 Å². The molecule has 34 nitrogen and oxygen atoms in total. The standard InChI is InChI=1S/C71H76Cl2F3N11O23S/c1-25(2)14-36(79-5)61(97)86-52-54(92)28-7-10-40(34(72)16-28)106-42-18-30-19-43(58(42)110-68-59(109-47-23-70(4,78)60(96)26(3)105-47)57(95)56(94)44(108-68)24-111-69-80-13-12-45(82-69)71(74,75)76)107-41-11-8-29(17-35(41)73)55(93)53-66(102)85-51(67(103)104)33-20-31(88)21-39(90)48(33)32-15-27(6-9-38(32)89)49(63(99)87-53)84-64(100)50(30)83-62(98)37(22-46(77)91)81-65(52)101/h6-13,15-21,25-26,36-37,44,47,49-57,59-60,68,79,88-90,92-96H,14,22-24,78H2,1-5H3,(H2,77,91)(H,81,101)(H,83,98)(H,84,100)(H,85,102)(H,86,97)(H,87,99)(H,103,104)/t26?,36-,37-,44?,47?,49?,50+,51+,52+,53-,54+,55+,56?,57?,59?,60?,68?,70?/m0/s1. The van der Waals surface area contributed by atoms with Crippen molar-refractivity contribution in [1.29, 1.82) is 0 Å². The number of aliphatic hydroxyl groups is 5. The van der Waals surface area contributed by atoms with E-state index in [9.17, 15) is 83.1 Å². The highest BCUT2D eigenvalue weighted by Gasteiger charge is 2.52. The van der Waals surface area contributed by atoms with Gasteiger partial charge in [0.2, 0.25) is 53.4 Å². The molecule has 2 fully saturated rings. The summed E-state index contributed by atoms with van der Waals surface area (Å²) in [7, 11) is 1.45. The number of nitrogens with zero attached hydrogens (tertiary/aromatic N) is 2. The van der Waals surface area contributed by atoms with E-state index in [1.54, 1.807) is 13.8 Å². The number of hydrogen-bond donors (Lipinski definition) is 18. The van der Waals surface area contributed by atoms with Gasteiger partial charge in [0.1, 0.15) is 89.1 Å². The number of carbonyl (C=O) groups is 8. The first-order valence-electron chi connectivity index (χ1n) is 34.2. The quantitative estimate of drug-likeness (QED) is 0.0519. The molecule has 111 heavy (non-hydrogen) atoms. The van der Waals surface area contributed by atoms with Crippen molar-refractivity contribution in [2.45, 2.75) is 168 Å². The molecule has 6 aromatic rings. The highest BCUT2D eigenvalue weighted by atomic mass is 35.5. The number of thioether (sulfide) groups is 1. The molecule has 594 valence electrons. The number of carboxylic acids is 1. The van der Waals surface area contributed by atoms with Crippen molar-refractivity contribution < 1.29 is 126 Å². The molecular weight excluding hydrogens is 1530 g/mol. The second kappa shape index (κ2) is 33.2. The van der Waals surface area contributed by atoms with E-state index < -0.39 is 270 Å². The molecule has 20 N–H and O–H groups in total. The van der Waals surface area contributed by atoms with Gasteiger partial charge in [0.25, 0.3) is 0 Å². The van der Waals surface area contributed by atoms with Crippen molar-refractivity contribution >= 4 is 82.3 Å². The number of aromatic nitrogens is 2. The first-order chi connectivity index (χ1) is 52.3. The fraction of sp³-hybridized carbons (Fsp3) is 0.408. The molecule has 10 unspecified atom stereocenters. The summed E-state index contributed by atoms with van der Waals surface area (Å²) >= 11 is 14.7. The molecule has 0 saturated carbocycles. The van der Waals surface area contributed by atoms with E-state index in [0.29, 0.717) is 17.8 Å². The molecule has 5 aromatic carbocycles. The number of nitrogens with two attached hydrogens (primary N) is 2. The zero-order valence-electron chi connectivity index (χ0n) is 59.0. The molecule has 0 spiro atoms. The number of phenolic OH excluding ortho intramolecular Hbond substituents is 3. The van der Waals surface area contributed by atoms with Crippen LogP contribution in [0.5, 0.6) is 46.0 Å². The molecule has 7 aliphatic heterocycles. The SMILES string of the molecule is CN[C@@H](CC(C)C)C(=O)N[C@H]1C(=O)N[C@@H](CC(N)=O)C(=O)N[C@H]2C(=O)NC3C(=O)N[C@H](C(=O)N[C@@H](C(=O)O)c4cc(O)cc(O)c4-c4cc3ccc4O)[C@H](O)c3ccc(c(Cl)c3)Oc3cc2cc(c3OC2OC(CSc3nccc(C(F)(F)F)n3)C(O)C(O)C2OC2CC(C)(N)C(O)C(C)O2)Oc2ccc(cc2Cl)[C@H]1O. The van der Waals surface area contributed by atoms with Gasteiger partial charge >= 0.3 is 12.1 Å². The van der Waals surface area contributed by atoms with Crippen LogP contribution in [-0.2, 0) is 58.7 Å². The number of amides is 7. The minimum Gasteiger partial charge on any atom is -0.508 e. The van der Waals surface area contributed by atoms with Crippen LogP contribution in [0.1, 0.15) is 111 Å². The molecule has 18 atom stereocenters.